The van der Waals surface area contributed by atoms with Gasteiger partial charge in [-0.05, 0) is 49.3 Å². The zero-order valence-corrected chi connectivity index (χ0v) is 24.0. The number of oxazole rings is 1. The van der Waals surface area contributed by atoms with Crippen LogP contribution in [0, 0.1) is 0 Å². The summed E-state index contributed by atoms with van der Waals surface area (Å²) >= 11 is 6.41. The molecule has 1 aliphatic heterocycles. The molecule has 2 N–H and O–H groups in total. The van der Waals surface area contributed by atoms with Crippen LogP contribution in [0.3, 0.4) is 0 Å². The van der Waals surface area contributed by atoms with Crippen molar-refractivity contribution in [3.8, 4) is 17.0 Å². The number of piperidine rings is 1. The summed E-state index contributed by atoms with van der Waals surface area (Å²) in [4.78, 5) is 11.4. The van der Waals surface area contributed by atoms with Crippen LogP contribution in [-0.4, -0.2) is 80.8 Å². The number of halogens is 1. The van der Waals surface area contributed by atoms with Crippen LogP contribution in [-0.2, 0) is 16.1 Å². The first-order valence-electron chi connectivity index (χ1n) is 12.5. The normalized spacial score (nSPS) is 18.9. The maximum Gasteiger partial charge on any atom is 0.297 e. The van der Waals surface area contributed by atoms with E-state index in [1.54, 1.807) is 13.2 Å². The molecule has 2 aromatic heterocycles. The third-order valence-electron chi connectivity index (χ3n) is 6.19. The van der Waals surface area contributed by atoms with E-state index >= 15 is 0 Å². The monoisotopic (exact) mass is 548 g/mol. The van der Waals surface area contributed by atoms with Crippen molar-refractivity contribution in [2.24, 2.45) is 0 Å². The highest BCUT2D eigenvalue weighted by atomic mass is 35.5. The summed E-state index contributed by atoms with van der Waals surface area (Å²) < 4.78 is 23.1. The molecule has 37 heavy (non-hydrogen) atoms. The van der Waals surface area contributed by atoms with Crippen LogP contribution >= 0.6 is 11.6 Å². The van der Waals surface area contributed by atoms with Gasteiger partial charge in [0.2, 0.25) is 5.65 Å². The summed E-state index contributed by atoms with van der Waals surface area (Å²) in [5.74, 6) is 0.570. The van der Waals surface area contributed by atoms with Crippen LogP contribution in [0.15, 0.2) is 28.7 Å². The Morgan fingerprint density at radius 1 is 1.22 bits per heavy atom. The fraction of sp³-hybridized carbons (Fsp3) is 0.538. The Hall–Kier alpha value is -2.21. The van der Waals surface area contributed by atoms with Gasteiger partial charge >= 0.3 is 0 Å². The second kappa shape index (κ2) is 12.1. The highest BCUT2D eigenvalue weighted by molar-refractivity contribution is 6.76. The molecule has 3 aromatic rings. The van der Waals surface area contributed by atoms with Crippen LogP contribution in [0.25, 0.3) is 22.5 Å². The standard InChI is InChI=1S/C26H37ClN4O5Si/c1-31-13-19(12-20(32)14-31)28-26-30-25-22(36-26)7-6-21(29-25)24-17(15-33-2)10-18(27)11-23(24)35-16-34-8-9-37(3,4)5/h6-7,10-11,19-20,32H,8-9,12-16H2,1-5H3,(H,28,29,30)/t19-,20+/m1/s1. The number of aromatic nitrogens is 2. The first kappa shape index (κ1) is 27.8. The van der Waals surface area contributed by atoms with Gasteiger partial charge in [-0.1, -0.05) is 31.2 Å². The fourth-order valence-electron chi connectivity index (χ4n) is 4.44. The third kappa shape index (κ3) is 7.65. The van der Waals surface area contributed by atoms with Gasteiger partial charge in [-0.25, -0.2) is 4.98 Å². The molecule has 1 aliphatic rings. The minimum absolute atomic E-state index is 0.0341. The Labute approximate surface area is 224 Å². The Bertz CT molecular complexity index is 1190. The van der Waals surface area contributed by atoms with E-state index in [1.165, 1.54) is 0 Å². The van der Waals surface area contributed by atoms with Crippen LogP contribution in [0.1, 0.15) is 12.0 Å². The molecule has 0 unspecified atom stereocenters. The van der Waals surface area contributed by atoms with Crippen molar-refractivity contribution >= 4 is 36.9 Å². The summed E-state index contributed by atoms with van der Waals surface area (Å²) in [7, 11) is 2.43. The number of nitrogens with zero attached hydrogens (tertiary/aromatic N) is 3. The number of likely N-dealkylation sites (N-methyl/N-ethyl adjacent to an activating group) is 1. The van der Waals surface area contributed by atoms with Crippen LogP contribution in [0.5, 0.6) is 5.75 Å². The predicted molar refractivity (Wildman–Crippen MR) is 148 cm³/mol. The minimum Gasteiger partial charge on any atom is -0.467 e. The number of likely N-dealkylation sites (tertiary alicyclic amines) is 1. The molecule has 0 radical (unpaired) electrons. The average Bonchev–Trinajstić information content (AvgIpc) is 3.18. The number of hydrogen-bond acceptors (Lipinski definition) is 9. The Kier molecular flexibility index (Phi) is 9.10. The zero-order chi connectivity index (χ0) is 26.6. The molecular formula is C26H37ClN4O5Si. The number of aliphatic hydroxyl groups is 1. The van der Waals surface area contributed by atoms with Crippen LogP contribution < -0.4 is 10.1 Å². The molecule has 3 heterocycles. The number of hydrogen-bond donors (Lipinski definition) is 2. The third-order valence-corrected chi connectivity index (χ3v) is 8.11. The SMILES string of the molecule is COCc1cc(Cl)cc(OCOCC[Si](C)(C)C)c1-c1ccc2oc(N[C@@H]3C[C@H](O)CN(C)C3)nc2n1. The Balaban J connectivity index is 1.57. The van der Waals surface area contributed by atoms with Crippen molar-refractivity contribution in [2.45, 2.75) is 50.9 Å². The lowest BCUT2D eigenvalue weighted by Crippen LogP contribution is -2.46. The van der Waals surface area contributed by atoms with Gasteiger partial charge in [0.1, 0.15) is 5.75 Å². The molecule has 11 heteroatoms. The number of pyridine rings is 1. The maximum absolute atomic E-state index is 10.1. The predicted octanol–water partition coefficient (Wildman–Crippen LogP) is 4.86. The van der Waals surface area contributed by atoms with E-state index in [1.807, 2.05) is 25.2 Å². The summed E-state index contributed by atoms with van der Waals surface area (Å²) in [6.45, 7) is 9.50. The topological polar surface area (TPSA) is 102 Å². The highest BCUT2D eigenvalue weighted by Gasteiger charge is 2.25. The summed E-state index contributed by atoms with van der Waals surface area (Å²) in [5.41, 5.74) is 3.33. The molecule has 0 aliphatic carbocycles. The van der Waals surface area contributed by atoms with Crippen molar-refractivity contribution in [1.29, 1.82) is 0 Å². The molecule has 0 amide bonds. The second-order valence-corrected chi connectivity index (χ2v) is 16.9. The number of aliphatic hydroxyl groups excluding tert-OH is 1. The van der Waals surface area contributed by atoms with Crippen molar-refractivity contribution in [2.75, 3.05) is 46.0 Å². The van der Waals surface area contributed by atoms with Gasteiger partial charge in [0, 0.05) is 51.5 Å². The fourth-order valence-corrected chi connectivity index (χ4v) is 5.43. The van der Waals surface area contributed by atoms with E-state index in [0.717, 1.165) is 23.7 Å². The van der Waals surface area contributed by atoms with Gasteiger partial charge in [-0.15, -0.1) is 0 Å². The number of nitrogens with one attached hydrogen (secondary N) is 1. The van der Waals surface area contributed by atoms with Crippen LogP contribution in [0.2, 0.25) is 30.7 Å². The average molecular weight is 549 g/mol. The number of ether oxygens (including phenoxy) is 3. The van der Waals surface area contributed by atoms with Gasteiger partial charge in [0.25, 0.3) is 6.01 Å². The molecule has 202 valence electrons. The smallest absolute Gasteiger partial charge is 0.297 e. The first-order chi connectivity index (χ1) is 17.6. The molecule has 0 spiro atoms. The molecule has 1 saturated heterocycles. The highest BCUT2D eigenvalue weighted by Crippen LogP contribution is 2.37. The Morgan fingerprint density at radius 2 is 2.03 bits per heavy atom. The second-order valence-electron chi connectivity index (χ2n) is 10.8. The van der Waals surface area contributed by atoms with Gasteiger partial charge in [0.05, 0.1) is 18.4 Å². The van der Waals surface area contributed by atoms with E-state index in [4.69, 9.17) is 35.2 Å². The van der Waals surface area contributed by atoms with E-state index < -0.39 is 8.07 Å². The molecule has 1 aromatic carbocycles. The zero-order valence-electron chi connectivity index (χ0n) is 22.2. The van der Waals surface area contributed by atoms with Gasteiger partial charge in [0.15, 0.2) is 12.4 Å². The van der Waals surface area contributed by atoms with E-state index in [0.29, 0.717) is 59.9 Å². The number of rotatable bonds is 11. The van der Waals surface area contributed by atoms with Gasteiger partial charge in [-0.3, -0.25) is 0 Å². The number of β-amino-alcohol motifs (C(OH)–C–C–N with tert-alkyl or cyclic N) is 1. The van der Waals surface area contributed by atoms with Crippen molar-refractivity contribution in [1.82, 2.24) is 14.9 Å². The lowest BCUT2D eigenvalue weighted by molar-refractivity contribution is 0.0223. The molecule has 1 fully saturated rings. The lowest BCUT2D eigenvalue weighted by atomic mass is 10.0. The number of anilines is 1. The number of fused-ring (bicyclic) bond motifs is 1. The van der Waals surface area contributed by atoms with Crippen molar-refractivity contribution < 1.29 is 23.7 Å². The minimum atomic E-state index is -1.19. The van der Waals surface area contributed by atoms with E-state index in [2.05, 4.69) is 34.8 Å². The number of benzene rings is 1. The molecule has 2 atom stereocenters. The van der Waals surface area contributed by atoms with Gasteiger partial charge < -0.3 is 34.0 Å². The number of methoxy groups -OCH3 is 1. The Morgan fingerprint density at radius 3 is 2.76 bits per heavy atom. The van der Waals surface area contributed by atoms with Gasteiger partial charge in [-0.2, -0.15) is 4.98 Å². The largest absolute Gasteiger partial charge is 0.467 e. The van der Waals surface area contributed by atoms with Crippen molar-refractivity contribution in [3.63, 3.8) is 0 Å². The van der Waals surface area contributed by atoms with E-state index in [9.17, 15) is 5.11 Å². The van der Waals surface area contributed by atoms with Crippen molar-refractivity contribution in [3.05, 3.63) is 34.9 Å². The molecule has 0 saturated carbocycles. The summed E-state index contributed by atoms with van der Waals surface area (Å²) in [5, 5.41) is 13.9. The van der Waals surface area contributed by atoms with Crippen LogP contribution in [0.4, 0.5) is 6.01 Å². The molecule has 9 nitrogen and oxygen atoms in total. The molecule has 0 bridgehead atoms. The quantitative estimate of drug-likeness (QED) is 0.197. The molecule has 4 rings (SSSR count). The van der Waals surface area contributed by atoms with E-state index in [-0.39, 0.29) is 18.9 Å². The summed E-state index contributed by atoms with van der Waals surface area (Å²) in [6.07, 6.45) is 0.251. The maximum atomic E-state index is 10.1. The first-order valence-corrected chi connectivity index (χ1v) is 16.6. The summed E-state index contributed by atoms with van der Waals surface area (Å²) in [6, 6.07) is 8.81. The molecular weight excluding hydrogens is 512 g/mol. The lowest BCUT2D eigenvalue weighted by Gasteiger charge is -2.33.